The molecule has 0 aliphatic carbocycles. The van der Waals surface area contributed by atoms with Gasteiger partial charge in [-0.1, -0.05) is 62.7 Å². The summed E-state index contributed by atoms with van der Waals surface area (Å²) in [6.07, 6.45) is 1.70. The molecule has 0 fully saturated rings. The van der Waals surface area contributed by atoms with Crippen LogP contribution in [0.25, 0.3) is 11.6 Å². The van der Waals surface area contributed by atoms with Crippen LogP contribution in [0.4, 0.5) is 4.39 Å². The number of carbonyl (C=O) groups is 2. The number of benzene rings is 2. The predicted molar refractivity (Wildman–Crippen MR) is 103 cm³/mol. The lowest BCUT2D eigenvalue weighted by molar-refractivity contribution is -0.130. The maximum absolute atomic E-state index is 13.3. The predicted octanol–water partition coefficient (Wildman–Crippen LogP) is 4.61. The average Bonchev–Trinajstić information content (AvgIpc) is 2.61. The molecule has 0 bridgehead atoms. The zero-order valence-corrected chi connectivity index (χ0v) is 15.5. The van der Waals surface area contributed by atoms with Crippen LogP contribution < -0.4 is 5.32 Å². The van der Waals surface area contributed by atoms with Crippen LogP contribution in [0.3, 0.4) is 0 Å². The number of hydrogen-bond donors (Lipinski definition) is 1. The molecule has 0 aliphatic rings. The number of aryl methyl sites for hydroxylation is 1. The molecule has 0 saturated heterocycles. The number of nitrogens with one attached hydrogen (secondary N) is 1. The van der Waals surface area contributed by atoms with Crippen molar-refractivity contribution in [2.45, 2.75) is 27.7 Å². The third kappa shape index (κ3) is 5.12. The number of imide groups is 1. The van der Waals surface area contributed by atoms with Gasteiger partial charge in [0.25, 0.3) is 5.91 Å². The Hall–Kier alpha value is -2.75. The van der Waals surface area contributed by atoms with Gasteiger partial charge >= 0.3 is 0 Å². The first kappa shape index (κ1) is 19.6. The first-order valence-corrected chi connectivity index (χ1v) is 8.67. The fourth-order valence-corrected chi connectivity index (χ4v) is 2.33. The van der Waals surface area contributed by atoms with E-state index in [4.69, 9.17) is 0 Å². The molecule has 2 rings (SSSR count). The Kier molecular flexibility index (Phi) is 6.45. The molecule has 26 heavy (non-hydrogen) atoms. The van der Waals surface area contributed by atoms with Crippen molar-refractivity contribution in [3.8, 4) is 0 Å². The van der Waals surface area contributed by atoms with Gasteiger partial charge in [-0.15, -0.1) is 0 Å². The zero-order chi connectivity index (χ0) is 19.3. The van der Waals surface area contributed by atoms with Crippen LogP contribution in [0, 0.1) is 24.6 Å². The minimum Gasteiger partial charge on any atom is -0.292 e. The molecule has 0 radical (unpaired) electrons. The van der Waals surface area contributed by atoms with E-state index in [-0.39, 0.29) is 23.6 Å². The van der Waals surface area contributed by atoms with Crippen molar-refractivity contribution in [1.82, 2.24) is 5.32 Å². The summed E-state index contributed by atoms with van der Waals surface area (Å²) in [5, 5.41) is 2.47. The van der Waals surface area contributed by atoms with E-state index in [9.17, 15) is 14.0 Å². The Morgan fingerprint density at radius 1 is 0.962 bits per heavy atom. The molecule has 0 unspecified atom stereocenters. The Morgan fingerprint density at radius 2 is 1.54 bits per heavy atom. The van der Waals surface area contributed by atoms with Crippen molar-refractivity contribution >= 4 is 23.5 Å². The smallest absolute Gasteiger partial charge is 0.258 e. The van der Waals surface area contributed by atoms with E-state index >= 15 is 0 Å². The van der Waals surface area contributed by atoms with Crippen LogP contribution in [0.2, 0.25) is 0 Å². The van der Waals surface area contributed by atoms with Crippen molar-refractivity contribution in [1.29, 1.82) is 0 Å². The summed E-state index contributed by atoms with van der Waals surface area (Å²) in [5.41, 5.74) is 2.80. The van der Waals surface area contributed by atoms with Crippen molar-refractivity contribution in [3.63, 3.8) is 0 Å². The van der Waals surface area contributed by atoms with Crippen LogP contribution in [0.15, 0.2) is 48.5 Å². The highest BCUT2D eigenvalue weighted by Gasteiger charge is 2.21. The molecule has 2 aromatic carbocycles. The molecule has 0 aromatic heterocycles. The number of hydrogen-bond acceptors (Lipinski definition) is 2. The molecule has 0 spiro atoms. The van der Waals surface area contributed by atoms with E-state index in [0.29, 0.717) is 11.1 Å². The number of amides is 2. The minimum absolute atomic E-state index is 0.123. The minimum atomic E-state index is -0.491. The molecule has 136 valence electrons. The van der Waals surface area contributed by atoms with Gasteiger partial charge in [0.2, 0.25) is 5.91 Å². The monoisotopic (exact) mass is 353 g/mol. The highest BCUT2D eigenvalue weighted by molar-refractivity contribution is 6.27. The van der Waals surface area contributed by atoms with E-state index in [0.717, 1.165) is 11.1 Å². The van der Waals surface area contributed by atoms with E-state index in [1.54, 1.807) is 13.0 Å². The first-order chi connectivity index (χ1) is 12.3. The molecule has 2 aromatic rings. The van der Waals surface area contributed by atoms with Gasteiger partial charge in [-0.2, -0.15) is 0 Å². The fraction of sp³-hybridized carbons (Fsp3) is 0.273. The van der Waals surface area contributed by atoms with Crippen LogP contribution >= 0.6 is 0 Å². The molecule has 2 amide bonds. The normalized spacial score (nSPS) is 12.8. The molecular weight excluding hydrogens is 329 g/mol. The summed E-state index contributed by atoms with van der Waals surface area (Å²) in [7, 11) is 0. The maximum Gasteiger partial charge on any atom is 0.258 e. The Morgan fingerprint density at radius 3 is 2.08 bits per heavy atom. The van der Waals surface area contributed by atoms with E-state index < -0.39 is 5.91 Å². The topological polar surface area (TPSA) is 46.2 Å². The third-order valence-electron chi connectivity index (χ3n) is 4.44. The van der Waals surface area contributed by atoms with Crippen molar-refractivity contribution in [3.05, 3.63) is 71.0 Å². The Balaban J connectivity index is 2.37. The molecular formula is C22H24FNO2. The lowest BCUT2D eigenvalue weighted by atomic mass is 9.96. The van der Waals surface area contributed by atoms with E-state index in [1.807, 2.05) is 45.0 Å². The van der Waals surface area contributed by atoms with Gasteiger partial charge in [-0.25, -0.2) is 4.39 Å². The summed E-state index contributed by atoms with van der Waals surface area (Å²) in [6, 6.07) is 13.3. The molecule has 1 atom stereocenters. The van der Waals surface area contributed by atoms with Crippen LogP contribution in [-0.2, 0) is 9.59 Å². The van der Waals surface area contributed by atoms with E-state index in [1.165, 1.54) is 24.3 Å². The van der Waals surface area contributed by atoms with Crippen molar-refractivity contribution < 1.29 is 14.0 Å². The van der Waals surface area contributed by atoms with Crippen LogP contribution in [-0.4, -0.2) is 11.8 Å². The summed E-state index contributed by atoms with van der Waals surface area (Å²) < 4.78 is 13.3. The quantitative estimate of drug-likeness (QED) is 0.630. The largest absolute Gasteiger partial charge is 0.292 e. The molecule has 0 heterocycles. The maximum atomic E-state index is 13.3. The summed E-state index contributed by atoms with van der Waals surface area (Å²) in [4.78, 5) is 25.0. The second kappa shape index (κ2) is 8.56. The van der Waals surface area contributed by atoms with Gasteiger partial charge in [0, 0.05) is 11.5 Å². The Labute approximate surface area is 153 Å². The zero-order valence-electron chi connectivity index (χ0n) is 15.5. The SMILES string of the molecule is Cc1ccc(/C=C(/C(=O)NC(=O)[C@@H](C)C(C)C)c2ccc(F)cc2)cc1. The van der Waals surface area contributed by atoms with Gasteiger partial charge in [0.05, 0.1) is 0 Å². The molecule has 0 aliphatic heterocycles. The lowest BCUT2D eigenvalue weighted by Gasteiger charge is -2.16. The lowest BCUT2D eigenvalue weighted by Crippen LogP contribution is -2.36. The number of halogens is 1. The highest BCUT2D eigenvalue weighted by atomic mass is 19.1. The summed E-state index contributed by atoms with van der Waals surface area (Å²) >= 11 is 0. The van der Waals surface area contributed by atoms with Gasteiger partial charge in [-0.3, -0.25) is 14.9 Å². The second-order valence-electron chi connectivity index (χ2n) is 6.83. The van der Waals surface area contributed by atoms with E-state index in [2.05, 4.69) is 5.32 Å². The number of rotatable bonds is 5. The summed E-state index contributed by atoms with van der Waals surface area (Å²) in [5.74, 6) is -1.35. The van der Waals surface area contributed by atoms with Crippen LogP contribution in [0.5, 0.6) is 0 Å². The average molecular weight is 353 g/mol. The summed E-state index contributed by atoms with van der Waals surface area (Å²) in [6.45, 7) is 7.62. The first-order valence-electron chi connectivity index (χ1n) is 8.67. The van der Waals surface area contributed by atoms with Crippen molar-refractivity contribution in [2.75, 3.05) is 0 Å². The van der Waals surface area contributed by atoms with Gasteiger partial charge < -0.3 is 0 Å². The fourth-order valence-electron chi connectivity index (χ4n) is 2.33. The molecule has 3 nitrogen and oxygen atoms in total. The standard InChI is InChI=1S/C22H24FNO2/c1-14(2)16(4)21(25)24-22(26)20(18-9-11-19(23)12-10-18)13-17-7-5-15(3)6-8-17/h5-14,16H,1-4H3,(H,24,25,26)/b20-13+/t16-/m0/s1. The molecule has 4 heteroatoms. The molecule has 0 saturated carbocycles. The van der Waals surface area contributed by atoms with Gasteiger partial charge in [-0.05, 0) is 42.2 Å². The van der Waals surface area contributed by atoms with Crippen molar-refractivity contribution in [2.24, 2.45) is 11.8 Å². The Bertz CT molecular complexity index is 805. The van der Waals surface area contributed by atoms with Gasteiger partial charge in [0.15, 0.2) is 0 Å². The molecule has 1 N–H and O–H groups in total. The second-order valence-corrected chi connectivity index (χ2v) is 6.83. The highest BCUT2D eigenvalue weighted by Crippen LogP contribution is 2.20. The van der Waals surface area contributed by atoms with Gasteiger partial charge in [0.1, 0.15) is 5.82 Å². The number of carbonyl (C=O) groups excluding carboxylic acids is 2. The third-order valence-corrected chi connectivity index (χ3v) is 4.44. The van der Waals surface area contributed by atoms with Crippen LogP contribution in [0.1, 0.15) is 37.5 Å².